The molecule has 0 saturated heterocycles. The largest absolute Gasteiger partial charge is 0.457 e. The Hall–Kier alpha value is -3.04. The highest BCUT2D eigenvalue weighted by Gasteiger charge is 2.20. The van der Waals surface area contributed by atoms with Crippen LogP contribution in [0, 0.1) is 0 Å². The molecule has 26 heavy (non-hydrogen) atoms. The minimum absolute atomic E-state index is 0.152. The number of hydrogen-bond acceptors (Lipinski definition) is 2. The molecule has 3 aromatic carbocycles. The van der Waals surface area contributed by atoms with E-state index in [0.717, 1.165) is 28.0 Å². The van der Waals surface area contributed by atoms with E-state index in [9.17, 15) is 5.11 Å². The molecule has 0 spiro atoms. The Bertz CT molecular complexity index is 991. The number of benzene rings is 3. The molecule has 1 heterocycles. The first-order chi connectivity index (χ1) is 12.7. The van der Waals surface area contributed by atoms with Crippen LogP contribution in [0.5, 0.6) is 11.5 Å². The molecule has 4 aromatic rings. The zero-order chi connectivity index (χ0) is 17.9. The lowest BCUT2D eigenvalue weighted by Gasteiger charge is -2.23. The van der Waals surface area contributed by atoms with Gasteiger partial charge in [0.25, 0.3) is 0 Å². The summed E-state index contributed by atoms with van der Waals surface area (Å²) in [6.07, 6.45) is 1.51. The molecule has 3 heteroatoms. The maximum absolute atomic E-state index is 10.4. The van der Waals surface area contributed by atoms with Gasteiger partial charge in [-0.25, -0.2) is 0 Å². The molecule has 2 unspecified atom stereocenters. The molecule has 0 aliphatic heterocycles. The first-order valence-corrected chi connectivity index (χ1v) is 8.79. The minimum Gasteiger partial charge on any atom is -0.457 e. The maximum atomic E-state index is 10.4. The van der Waals surface area contributed by atoms with Gasteiger partial charge in [-0.2, -0.15) is 0 Å². The first kappa shape index (κ1) is 16.4. The second-order valence-electron chi connectivity index (χ2n) is 6.45. The fourth-order valence-corrected chi connectivity index (χ4v) is 3.38. The van der Waals surface area contributed by atoms with Gasteiger partial charge in [-0.1, -0.05) is 48.5 Å². The summed E-state index contributed by atoms with van der Waals surface area (Å²) in [5.74, 6) is 1.58. The van der Waals surface area contributed by atoms with E-state index in [0.29, 0.717) is 0 Å². The van der Waals surface area contributed by atoms with Crippen molar-refractivity contribution in [1.29, 1.82) is 0 Å². The smallest absolute Gasteiger partial charge is 0.129 e. The van der Waals surface area contributed by atoms with Gasteiger partial charge in [-0.05, 0) is 48.2 Å². The minimum atomic E-state index is -0.522. The van der Waals surface area contributed by atoms with Crippen LogP contribution in [0.4, 0.5) is 0 Å². The van der Waals surface area contributed by atoms with Gasteiger partial charge in [0.05, 0.1) is 17.7 Å². The Labute approximate surface area is 153 Å². The summed E-state index contributed by atoms with van der Waals surface area (Å²) in [6, 6.07) is 27.8. The molecular formula is C23H21NO2. The van der Waals surface area contributed by atoms with Gasteiger partial charge in [0.2, 0.25) is 0 Å². The highest BCUT2D eigenvalue weighted by atomic mass is 16.5. The van der Waals surface area contributed by atoms with Crippen LogP contribution in [0.3, 0.4) is 0 Å². The van der Waals surface area contributed by atoms with E-state index >= 15 is 0 Å². The second kappa shape index (κ2) is 7.06. The second-order valence-corrected chi connectivity index (χ2v) is 6.45. The molecule has 1 N–H and O–H groups in total. The number of aliphatic hydroxyl groups is 1. The van der Waals surface area contributed by atoms with E-state index in [-0.39, 0.29) is 6.04 Å². The predicted octanol–water partition coefficient (Wildman–Crippen LogP) is 5.40. The maximum Gasteiger partial charge on any atom is 0.129 e. The Balaban J connectivity index is 1.76. The van der Waals surface area contributed by atoms with Crippen molar-refractivity contribution in [2.45, 2.75) is 19.1 Å². The van der Waals surface area contributed by atoms with Gasteiger partial charge in [0, 0.05) is 12.3 Å². The molecule has 0 bridgehead atoms. The van der Waals surface area contributed by atoms with Crippen LogP contribution in [0.2, 0.25) is 0 Å². The lowest BCUT2D eigenvalue weighted by Crippen LogP contribution is -2.21. The van der Waals surface area contributed by atoms with Crippen molar-refractivity contribution in [3.05, 3.63) is 96.7 Å². The quantitative estimate of drug-likeness (QED) is 0.526. The van der Waals surface area contributed by atoms with Crippen molar-refractivity contribution >= 4 is 10.9 Å². The van der Waals surface area contributed by atoms with Gasteiger partial charge in [0.1, 0.15) is 11.5 Å². The van der Waals surface area contributed by atoms with E-state index in [1.54, 1.807) is 0 Å². The third-order valence-corrected chi connectivity index (χ3v) is 4.57. The first-order valence-electron chi connectivity index (χ1n) is 8.79. The lowest BCUT2D eigenvalue weighted by molar-refractivity contribution is 0.150. The van der Waals surface area contributed by atoms with Crippen LogP contribution in [0.1, 0.15) is 18.5 Å². The topological polar surface area (TPSA) is 34.4 Å². The number of para-hydroxylation sites is 1. The number of fused-ring (bicyclic) bond motifs is 1. The van der Waals surface area contributed by atoms with Crippen LogP contribution in [-0.2, 0) is 0 Å². The molecule has 0 saturated carbocycles. The SMILES string of the molecule is CC(O)C(c1ccccc1)n1ccc2ccc(Oc3ccccc3)cc21. The normalized spacial score (nSPS) is 13.5. The Morgan fingerprint density at radius 1 is 0.808 bits per heavy atom. The number of aliphatic hydroxyl groups excluding tert-OH is 1. The third kappa shape index (κ3) is 3.22. The molecule has 0 amide bonds. The molecular weight excluding hydrogens is 322 g/mol. The van der Waals surface area contributed by atoms with Gasteiger partial charge >= 0.3 is 0 Å². The number of hydrogen-bond donors (Lipinski definition) is 1. The van der Waals surface area contributed by atoms with Gasteiger partial charge in [-0.15, -0.1) is 0 Å². The number of rotatable bonds is 5. The Morgan fingerprint density at radius 3 is 2.19 bits per heavy atom. The molecule has 130 valence electrons. The lowest BCUT2D eigenvalue weighted by atomic mass is 10.0. The van der Waals surface area contributed by atoms with Crippen LogP contribution < -0.4 is 4.74 Å². The monoisotopic (exact) mass is 343 g/mol. The summed E-state index contributed by atoms with van der Waals surface area (Å²) < 4.78 is 8.10. The summed E-state index contributed by atoms with van der Waals surface area (Å²) in [5.41, 5.74) is 2.11. The molecule has 0 aliphatic carbocycles. The Morgan fingerprint density at radius 2 is 1.50 bits per heavy atom. The number of nitrogens with zero attached hydrogens (tertiary/aromatic N) is 1. The average Bonchev–Trinajstić information content (AvgIpc) is 3.06. The van der Waals surface area contributed by atoms with E-state index in [1.165, 1.54) is 0 Å². The Kier molecular flexibility index (Phi) is 4.46. The summed E-state index contributed by atoms with van der Waals surface area (Å²) in [5, 5.41) is 11.6. The van der Waals surface area contributed by atoms with Crippen LogP contribution in [0.15, 0.2) is 91.1 Å². The standard InChI is InChI=1S/C23H21NO2/c1-17(25)23(19-8-4-2-5-9-19)24-15-14-18-12-13-21(16-22(18)24)26-20-10-6-3-7-11-20/h2-17,23,25H,1H3. The van der Waals surface area contributed by atoms with Crippen molar-refractivity contribution < 1.29 is 9.84 Å². The highest BCUT2D eigenvalue weighted by Crippen LogP contribution is 2.31. The van der Waals surface area contributed by atoms with Gasteiger partial charge in [0.15, 0.2) is 0 Å². The zero-order valence-electron chi connectivity index (χ0n) is 14.6. The average molecular weight is 343 g/mol. The molecule has 3 nitrogen and oxygen atoms in total. The molecule has 0 fully saturated rings. The van der Waals surface area contributed by atoms with Crippen LogP contribution in [0.25, 0.3) is 10.9 Å². The van der Waals surface area contributed by atoms with Crippen LogP contribution in [-0.4, -0.2) is 15.8 Å². The molecule has 0 radical (unpaired) electrons. The number of ether oxygens (including phenoxy) is 1. The summed E-state index contributed by atoms with van der Waals surface area (Å²) in [6.45, 7) is 1.83. The van der Waals surface area contributed by atoms with Gasteiger partial charge in [-0.3, -0.25) is 0 Å². The van der Waals surface area contributed by atoms with E-state index in [4.69, 9.17) is 4.74 Å². The summed E-state index contributed by atoms with van der Waals surface area (Å²) in [7, 11) is 0. The van der Waals surface area contributed by atoms with Gasteiger partial charge < -0.3 is 14.4 Å². The zero-order valence-corrected chi connectivity index (χ0v) is 14.6. The molecule has 4 rings (SSSR count). The fraction of sp³-hybridized carbons (Fsp3) is 0.130. The fourth-order valence-electron chi connectivity index (χ4n) is 3.38. The van der Waals surface area contributed by atoms with Crippen molar-refractivity contribution in [2.24, 2.45) is 0 Å². The summed E-state index contributed by atoms with van der Waals surface area (Å²) in [4.78, 5) is 0. The summed E-state index contributed by atoms with van der Waals surface area (Å²) >= 11 is 0. The predicted molar refractivity (Wildman–Crippen MR) is 105 cm³/mol. The van der Waals surface area contributed by atoms with Crippen molar-refractivity contribution in [2.75, 3.05) is 0 Å². The van der Waals surface area contributed by atoms with E-state index in [1.807, 2.05) is 92.0 Å². The van der Waals surface area contributed by atoms with Crippen molar-refractivity contribution in [3.63, 3.8) is 0 Å². The third-order valence-electron chi connectivity index (χ3n) is 4.57. The molecule has 1 aromatic heterocycles. The number of aromatic nitrogens is 1. The van der Waals surface area contributed by atoms with Crippen molar-refractivity contribution in [3.8, 4) is 11.5 Å². The molecule has 0 aliphatic rings. The molecule has 2 atom stereocenters. The van der Waals surface area contributed by atoms with E-state index in [2.05, 4.69) is 10.6 Å². The van der Waals surface area contributed by atoms with Crippen LogP contribution >= 0.6 is 0 Å². The van der Waals surface area contributed by atoms with E-state index < -0.39 is 6.10 Å². The highest BCUT2D eigenvalue weighted by molar-refractivity contribution is 5.82. The van der Waals surface area contributed by atoms with Crippen molar-refractivity contribution in [1.82, 2.24) is 4.57 Å².